The molecule has 1 aliphatic heterocycles. The fraction of sp³-hybridized carbons (Fsp3) is 0.316. The number of likely N-dealkylation sites (N-methyl/N-ethyl adjacent to an activating group) is 1. The number of ether oxygens (including phenoxy) is 1. The number of nitrogens with one attached hydrogen (secondary N) is 1. The third-order valence-electron chi connectivity index (χ3n) is 4.16. The normalized spacial score (nSPS) is 16.2. The van der Waals surface area contributed by atoms with Crippen LogP contribution in [0, 0.1) is 11.6 Å². The summed E-state index contributed by atoms with van der Waals surface area (Å²) in [6.07, 6.45) is 0.707. The van der Waals surface area contributed by atoms with Gasteiger partial charge in [-0.15, -0.1) is 0 Å². The highest BCUT2D eigenvalue weighted by Gasteiger charge is 2.23. The first-order chi connectivity index (χ1) is 12.0. The van der Waals surface area contributed by atoms with Crippen LogP contribution in [0.15, 0.2) is 42.5 Å². The lowest BCUT2D eigenvalue weighted by atomic mass is 10.0. The van der Waals surface area contributed by atoms with Gasteiger partial charge in [0.1, 0.15) is 17.4 Å². The second kappa shape index (κ2) is 7.61. The molecule has 1 atom stereocenters. The van der Waals surface area contributed by atoms with Gasteiger partial charge >= 0.3 is 0 Å². The average Bonchev–Trinajstić information content (AvgIpc) is 2.57. The summed E-state index contributed by atoms with van der Waals surface area (Å²) in [6.45, 7) is 0.902. The topological polar surface area (TPSA) is 41.6 Å². The van der Waals surface area contributed by atoms with Gasteiger partial charge in [0.15, 0.2) is 0 Å². The van der Waals surface area contributed by atoms with Gasteiger partial charge in [-0.05, 0) is 19.2 Å². The molecule has 0 saturated carbocycles. The first-order valence-electron chi connectivity index (χ1n) is 8.16. The molecule has 0 aromatic heterocycles. The van der Waals surface area contributed by atoms with Crippen molar-refractivity contribution < 1.29 is 18.3 Å². The maximum absolute atomic E-state index is 13.7. The van der Waals surface area contributed by atoms with E-state index in [4.69, 9.17) is 4.74 Å². The van der Waals surface area contributed by atoms with Crippen molar-refractivity contribution in [1.82, 2.24) is 10.2 Å². The molecular weight excluding hydrogens is 326 g/mol. The summed E-state index contributed by atoms with van der Waals surface area (Å²) >= 11 is 0. The average molecular weight is 346 g/mol. The number of benzene rings is 2. The molecule has 25 heavy (non-hydrogen) atoms. The van der Waals surface area contributed by atoms with Gasteiger partial charge in [-0.3, -0.25) is 9.69 Å². The van der Waals surface area contributed by atoms with E-state index in [0.29, 0.717) is 18.6 Å². The van der Waals surface area contributed by atoms with Gasteiger partial charge < -0.3 is 10.1 Å². The van der Waals surface area contributed by atoms with Crippen LogP contribution in [0.1, 0.15) is 23.6 Å². The largest absolute Gasteiger partial charge is 0.493 e. The van der Waals surface area contributed by atoms with Gasteiger partial charge in [-0.2, -0.15) is 0 Å². The van der Waals surface area contributed by atoms with Crippen molar-refractivity contribution in [3.63, 3.8) is 0 Å². The van der Waals surface area contributed by atoms with Crippen LogP contribution in [0.25, 0.3) is 0 Å². The van der Waals surface area contributed by atoms with E-state index in [-0.39, 0.29) is 25.0 Å². The minimum Gasteiger partial charge on any atom is -0.493 e. The van der Waals surface area contributed by atoms with Crippen molar-refractivity contribution in [2.45, 2.75) is 19.0 Å². The molecular formula is C19H20F2N2O2. The number of amides is 1. The number of nitrogens with zero attached hydrogens (tertiary/aromatic N) is 1. The fourth-order valence-corrected chi connectivity index (χ4v) is 2.97. The number of carbonyl (C=O) groups excluding carboxylic acids is 1. The lowest BCUT2D eigenvalue weighted by molar-refractivity contribution is -0.123. The Morgan fingerprint density at radius 2 is 2.08 bits per heavy atom. The van der Waals surface area contributed by atoms with Gasteiger partial charge in [0.25, 0.3) is 0 Å². The SMILES string of the molecule is CN(CC(=O)NC1CCOc2ccccc21)Cc1ccc(F)cc1F. The van der Waals surface area contributed by atoms with Crippen molar-refractivity contribution in [3.05, 3.63) is 65.2 Å². The summed E-state index contributed by atoms with van der Waals surface area (Å²) in [6, 6.07) is 11.0. The molecule has 6 heteroatoms. The number of halogens is 2. The molecule has 0 aliphatic carbocycles. The molecule has 0 spiro atoms. The molecule has 1 amide bonds. The van der Waals surface area contributed by atoms with E-state index in [9.17, 15) is 13.6 Å². The molecule has 3 rings (SSSR count). The van der Waals surface area contributed by atoms with Crippen LogP contribution in [-0.2, 0) is 11.3 Å². The molecule has 0 saturated heterocycles. The summed E-state index contributed by atoms with van der Waals surface area (Å²) in [4.78, 5) is 14.0. The lowest BCUT2D eigenvalue weighted by Crippen LogP contribution is -2.38. The fourth-order valence-electron chi connectivity index (χ4n) is 2.97. The lowest BCUT2D eigenvalue weighted by Gasteiger charge is -2.27. The van der Waals surface area contributed by atoms with Crippen molar-refractivity contribution in [2.24, 2.45) is 0 Å². The number of rotatable bonds is 5. The Hall–Kier alpha value is -2.47. The number of hydrogen-bond donors (Lipinski definition) is 1. The van der Waals surface area contributed by atoms with E-state index in [1.807, 2.05) is 24.3 Å². The first kappa shape index (κ1) is 17.4. The van der Waals surface area contributed by atoms with Crippen LogP contribution >= 0.6 is 0 Å². The first-order valence-corrected chi connectivity index (χ1v) is 8.16. The molecule has 0 radical (unpaired) electrons. The van der Waals surface area contributed by atoms with E-state index in [1.54, 1.807) is 11.9 Å². The molecule has 0 fully saturated rings. The minimum atomic E-state index is -0.611. The Balaban J connectivity index is 1.57. The smallest absolute Gasteiger partial charge is 0.234 e. The van der Waals surface area contributed by atoms with Crippen LogP contribution in [0.4, 0.5) is 8.78 Å². The van der Waals surface area contributed by atoms with Crippen LogP contribution in [0.5, 0.6) is 5.75 Å². The Morgan fingerprint density at radius 1 is 1.28 bits per heavy atom. The van der Waals surface area contributed by atoms with Gasteiger partial charge in [0.2, 0.25) is 5.91 Å². The van der Waals surface area contributed by atoms with E-state index in [0.717, 1.165) is 17.4 Å². The van der Waals surface area contributed by atoms with Crippen LogP contribution in [-0.4, -0.2) is 31.0 Å². The Morgan fingerprint density at radius 3 is 2.88 bits per heavy atom. The van der Waals surface area contributed by atoms with Crippen molar-refractivity contribution in [3.8, 4) is 5.75 Å². The molecule has 2 aromatic rings. The molecule has 132 valence electrons. The molecule has 1 unspecified atom stereocenters. The Bertz CT molecular complexity index is 767. The highest BCUT2D eigenvalue weighted by molar-refractivity contribution is 5.78. The monoisotopic (exact) mass is 346 g/mol. The van der Waals surface area contributed by atoms with Crippen molar-refractivity contribution >= 4 is 5.91 Å². The van der Waals surface area contributed by atoms with E-state index >= 15 is 0 Å². The van der Waals surface area contributed by atoms with Crippen LogP contribution in [0.3, 0.4) is 0 Å². The number of fused-ring (bicyclic) bond motifs is 1. The summed E-state index contributed by atoms with van der Waals surface area (Å²) in [5.74, 6) is -0.571. The maximum atomic E-state index is 13.7. The molecule has 4 nitrogen and oxygen atoms in total. The van der Waals surface area contributed by atoms with Gasteiger partial charge in [-0.25, -0.2) is 8.78 Å². The number of carbonyl (C=O) groups is 1. The second-order valence-electron chi connectivity index (χ2n) is 6.20. The van der Waals surface area contributed by atoms with Crippen LogP contribution < -0.4 is 10.1 Å². The predicted octanol–water partition coefficient (Wildman–Crippen LogP) is 3.04. The summed E-state index contributed by atoms with van der Waals surface area (Å²) in [5, 5.41) is 3.00. The molecule has 1 aliphatic rings. The minimum absolute atomic E-state index is 0.0894. The molecule has 2 aromatic carbocycles. The molecule has 1 N–H and O–H groups in total. The van der Waals surface area contributed by atoms with Crippen LogP contribution in [0.2, 0.25) is 0 Å². The third-order valence-corrected chi connectivity index (χ3v) is 4.16. The summed E-state index contributed by atoms with van der Waals surface area (Å²) < 4.78 is 32.2. The van der Waals surface area contributed by atoms with E-state index < -0.39 is 11.6 Å². The van der Waals surface area contributed by atoms with Crippen molar-refractivity contribution in [2.75, 3.05) is 20.2 Å². The highest BCUT2D eigenvalue weighted by Crippen LogP contribution is 2.31. The summed E-state index contributed by atoms with van der Waals surface area (Å²) in [5.41, 5.74) is 1.32. The van der Waals surface area contributed by atoms with Gasteiger partial charge in [0, 0.05) is 30.2 Å². The molecule has 1 heterocycles. The third kappa shape index (κ3) is 4.33. The maximum Gasteiger partial charge on any atom is 0.234 e. The second-order valence-corrected chi connectivity index (χ2v) is 6.20. The summed E-state index contributed by atoms with van der Waals surface area (Å²) in [7, 11) is 1.72. The zero-order valence-corrected chi connectivity index (χ0v) is 14.0. The Kier molecular flexibility index (Phi) is 5.28. The van der Waals surface area contributed by atoms with Crippen molar-refractivity contribution in [1.29, 1.82) is 0 Å². The number of hydrogen-bond acceptors (Lipinski definition) is 3. The molecule has 0 bridgehead atoms. The predicted molar refractivity (Wildman–Crippen MR) is 90.1 cm³/mol. The standard InChI is InChI=1S/C19H20F2N2O2/c1-23(11-13-6-7-14(20)10-16(13)21)12-19(24)22-17-8-9-25-18-5-3-2-4-15(17)18/h2-7,10,17H,8-9,11-12H2,1H3,(H,22,24). The van der Waals surface area contributed by atoms with Gasteiger partial charge in [-0.1, -0.05) is 24.3 Å². The van der Waals surface area contributed by atoms with Gasteiger partial charge in [0.05, 0.1) is 19.2 Å². The number of para-hydroxylation sites is 1. The highest BCUT2D eigenvalue weighted by atomic mass is 19.1. The zero-order valence-electron chi connectivity index (χ0n) is 14.0. The Labute approximate surface area is 145 Å². The van der Waals surface area contributed by atoms with E-state index in [1.165, 1.54) is 12.1 Å². The van der Waals surface area contributed by atoms with E-state index in [2.05, 4.69) is 5.32 Å². The quantitative estimate of drug-likeness (QED) is 0.905. The zero-order chi connectivity index (χ0) is 17.8.